The molecule has 4 aromatic heterocycles. The van der Waals surface area contributed by atoms with Gasteiger partial charge in [0.25, 0.3) is 5.91 Å². The molecule has 0 aliphatic heterocycles. The fourth-order valence-electron chi connectivity index (χ4n) is 3.94. The molecular formula is C22H18BrFN10O. The van der Waals surface area contributed by atoms with Gasteiger partial charge in [0.2, 0.25) is 0 Å². The second-order valence-electron chi connectivity index (χ2n) is 8.33. The fourth-order valence-corrected chi connectivity index (χ4v) is 4.31. The Morgan fingerprint density at radius 2 is 2.03 bits per heavy atom. The number of tetrazole rings is 1. The molecule has 35 heavy (non-hydrogen) atoms. The predicted octanol–water partition coefficient (Wildman–Crippen LogP) is 2.66. The fraction of sp³-hybridized carbons (Fsp3) is 0.227. The first-order valence-electron chi connectivity index (χ1n) is 10.9. The number of aromatic nitrogens is 9. The van der Waals surface area contributed by atoms with Crippen molar-refractivity contribution in [2.24, 2.45) is 0 Å². The van der Waals surface area contributed by atoms with Gasteiger partial charge in [-0.3, -0.25) is 4.79 Å². The van der Waals surface area contributed by atoms with Crippen LogP contribution in [0.3, 0.4) is 0 Å². The maximum atomic E-state index is 14.8. The number of amides is 1. The van der Waals surface area contributed by atoms with E-state index in [-0.39, 0.29) is 22.3 Å². The molecule has 1 aliphatic carbocycles. The maximum absolute atomic E-state index is 14.8. The van der Waals surface area contributed by atoms with Gasteiger partial charge in [-0.15, -0.1) is 10.2 Å². The van der Waals surface area contributed by atoms with Gasteiger partial charge in [0.05, 0.1) is 28.6 Å². The number of nitrogens with one attached hydrogen (secondary N) is 1. The van der Waals surface area contributed by atoms with E-state index in [1.165, 1.54) is 35.6 Å². The average Bonchev–Trinajstić information content (AvgIpc) is 3.23. The van der Waals surface area contributed by atoms with Crippen molar-refractivity contribution in [3.63, 3.8) is 0 Å². The van der Waals surface area contributed by atoms with Crippen molar-refractivity contribution in [1.82, 2.24) is 49.9 Å². The highest BCUT2D eigenvalue weighted by Gasteiger charge is 2.24. The van der Waals surface area contributed by atoms with Crippen molar-refractivity contribution in [2.75, 3.05) is 0 Å². The van der Waals surface area contributed by atoms with Crippen LogP contribution in [0.1, 0.15) is 46.1 Å². The molecule has 0 saturated heterocycles. The Morgan fingerprint density at radius 3 is 2.83 bits per heavy atom. The monoisotopic (exact) mass is 536 g/mol. The number of hydrogen-bond acceptors (Lipinski definition) is 7. The summed E-state index contributed by atoms with van der Waals surface area (Å²) in [6.45, 7) is 0.270. The van der Waals surface area contributed by atoms with Gasteiger partial charge in [-0.25, -0.2) is 18.7 Å². The van der Waals surface area contributed by atoms with E-state index in [1.54, 1.807) is 16.8 Å². The molecule has 0 unspecified atom stereocenters. The molecule has 0 radical (unpaired) electrons. The molecule has 11 nitrogen and oxygen atoms in total. The predicted molar refractivity (Wildman–Crippen MR) is 124 cm³/mol. The number of halogens is 2. The van der Waals surface area contributed by atoms with Crippen LogP contribution < -0.4 is 5.32 Å². The molecule has 1 saturated carbocycles. The Balaban J connectivity index is 1.15. The Hall–Kier alpha value is -4.00. The van der Waals surface area contributed by atoms with Crippen LogP contribution in [0.5, 0.6) is 0 Å². The molecule has 5 aromatic rings. The molecule has 6 rings (SSSR count). The first-order chi connectivity index (χ1) is 17.0. The molecule has 0 bridgehead atoms. The summed E-state index contributed by atoms with van der Waals surface area (Å²) in [5.41, 5.74) is 3.74. The quantitative estimate of drug-likeness (QED) is 0.339. The molecule has 1 N–H and O–H groups in total. The van der Waals surface area contributed by atoms with E-state index in [0.29, 0.717) is 18.2 Å². The number of carbonyl (C=O) groups excluding carboxylic acids is 1. The summed E-state index contributed by atoms with van der Waals surface area (Å²) in [6, 6.07) is 7.35. The van der Waals surface area contributed by atoms with E-state index >= 15 is 0 Å². The molecule has 1 fully saturated rings. The van der Waals surface area contributed by atoms with Gasteiger partial charge in [-0.05, 0) is 68.9 Å². The number of nitrogens with zero attached hydrogens (tertiary/aromatic N) is 9. The second-order valence-corrected chi connectivity index (χ2v) is 9.19. The zero-order valence-corrected chi connectivity index (χ0v) is 19.8. The standard InChI is InChI=1S/C22H18BrFN10O/c23-17-4-5-19(34-12-26-29-31-34)16(21(17)24)7-25-22(35)18-11-33(30-28-18)10-15-9-32-8-14(13-1-2-13)3-6-20(32)27-15/h3-6,8-9,11-13H,1-2,7,10H2,(H,25,35). The number of hydrogen-bond donors (Lipinski definition) is 1. The molecule has 0 atom stereocenters. The van der Waals surface area contributed by atoms with Gasteiger partial charge >= 0.3 is 0 Å². The van der Waals surface area contributed by atoms with Crippen molar-refractivity contribution in [2.45, 2.75) is 31.8 Å². The van der Waals surface area contributed by atoms with Crippen molar-refractivity contribution in [3.8, 4) is 5.69 Å². The van der Waals surface area contributed by atoms with E-state index in [9.17, 15) is 9.18 Å². The molecule has 1 aromatic carbocycles. The minimum absolute atomic E-state index is 0.0953. The van der Waals surface area contributed by atoms with E-state index in [0.717, 1.165) is 11.3 Å². The second kappa shape index (κ2) is 8.65. The van der Waals surface area contributed by atoms with Crippen LogP contribution >= 0.6 is 15.9 Å². The smallest absolute Gasteiger partial charge is 0.273 e. The summed E-state index contributed by atoms with van der Waals surface area (Å²) in [6.07, 6.45) is 9.45. The first kappa shape index (κ1) is 21.5. The van der Waals surface area contributed by atoms with E-state index in [2.05, 4.69) is 64.3 Å². The maximum Gasteiger partial charge on any atom is 0.273 e. The zero-order valence-electron chi connectivity index (χ0n) is 18.2. The molecule has 1 amide bonds. The van der Waals surface area contributed by atoms with Crippen molar-refractivity contribution >= 4 is 27.5 Å². The highest BCUT2D eigenvalue weighted by molar-refractivity contribution is 9.10. The third-order valence-electron chi connectivity index (χ3n) is 5.86. The van der Waals surface area contributed by atoms with Gasteiger partial charge < -0.3 is 9.72 Å². The lowest BCUT2D eigenvalue weighted by molar-refractivity contribution is 0.0945. The van der Waals surface area contributed by atoms with Gasteiger partial charge in [-0.2, -0.15) is 0 Å². The Bertz CT molecular complexity index is 1540. The average molecular weight is 537 g/mol. The highest BCUT2D eigenvalue weighted by Crippen LogP contribution is 2.39. The van der Waals surface area contributed by atoms with Crippen LogP contribution in [-0.2, 0) is 13.1 Å². The van der Waals surface area contributed by atoms with E-state index in [1.807, 2.05) is 16.7 Å². The van der Waals surface area contributed by atoms with Gasteiger partial charge in [-0.1, -0.05) is 11.3 Å². The van der Waals surface area contributed by atoms with Crippen LogP contribution in [0.25, 0.3) is 11.3 Å². The molecule has 176 valence electrons. The van der Waals surface area contributed by atoms with Crippen molar-refractivity contribution in [1.29, 1.82) is 0 Å². The number of pyridine rings is 1. The summed E-state index contributed by atoms with van der Waals surface area (Å²) in [7, 11) is 0. The van der Waals surface area contributed by atoms with Gasteiger partial charge in [0.15, 0.2) is 5.69 Å². The zero-order chi connectivity index (χ0) is 23.9. The molecule has 4 heterocycles. The first-order valence-corrected chi connectivity index (χ1v) is 11.7. The van der Waals surface area contributed by atoms with E-state index in [4.69, 9.17) is 0 Å². The summed E-state index contributed by atoms with van der Waals surface area (Å²) in [5, 5.41) is 21.7. The molecule has 0 spiro atoms. The molecule has 13 heteroatoms. The number of carbonyl (C=O) groups is 1. The normalized spacial score (nSPS) is 13.4. The van der Waals surface area contributed by atoms with Crippen LogP contribution in [0.2, 0.25) is 0 Å². The third-order valence-corrected chi connectivity index (χ3v) is 6.47. The third kappa shape index (κ3) is 4.30. The van der Waals surface area contributed by atoms with Crippen LogP contribution in [0.15, 0.2) is 53.7 Å². The summed E-state index contributed by atoms with van der Waals surface area (Å²) < 4.78 is 19.9. The van der Waals surface area contributed by atoms with Gasteiger partial charge in [0, 0.05) is 24.5 Å². The minimum Gasteiger partial charge on any atom is -0.346 e. The summed E-state index contributed by atoms with van der Waals surface area (Å²) >= 11 is 3.17. The van der Waals surface area contributed by atoms with Crippen molar-refractivity contribution < 1.29 is 9.18 Å². The Kier molecular flexibility index (Phi) is 5.32. The summed E-state index contributed by atoms with van der Waals surface area (Å²) in [5.74, 6) is -0.336. The Labute approximate surface area is 206 Å². The number of rotatable bonds is 7. The van der Waals surface area contributed by atoms with Crippen LogP contribution in [-0.4, -0.2) is 50.5 Å². The largest absolute Gasteiger partial charge is 0.346 e. The van der Waals surface area contributed by atoms with Crippen molar-refractivity contribution in [3.05, 3.63) is 82.0 Å². The molecule has 1 aliphatic rings. The number of fused-ring (bicyclic) bond motifs is 1. The Morgan fingerprint density at radius 1 is 1.14 bits per heavy atom. The number of benzene rings is 1. The SMILES string of the molecule is O=C(NCc1c(-n2cnnn2)ccc(Br)c1F)c1cn(Cc2cn3cc(C4CC4)ccc3n2)nn1. The summed E-state index contributed by atoms with van der Waals surface area (Å²) in [4.78, 5) is 17.3. The lowest BCUT2D eigenvalue weighted by atomic mass is 10.1. The number of imidazole rings is 1. The van der Waals surface area contributed by atoms with Crippen LogP contribution in [0, 0.1) is 5.82 Å². The lowest BCUT2D eigenvalue weighted by Crippen LogP contribution is -2.24. The topological polar surface area (TPSA) is 121 Å². The van der Waals surface area contributed by atoms with Gasteiger partial charge in [0.1, 0.15) is 17.8 Å². The minimum atomic E-state index is -0.515. The molecular weight excluding hydrogens is 519 g/mol. The lowest BCUT2D eigenvalue weighted by Gasteiger charge is -2.11. The van der Waals surface area contributed by atoms with Crippen LogP contribution in [0.4, 0.5) is 4.39 Å². The van der Waals surface area contributed by atoms with E-state index < -0.39 is 11.7 Å². The highest BCUT2D eigenvalue weighted by atomic mass is 79.9.